The molecule has 0 radical (unpaired) electrons. The average Bonchev–Trinajstić information content (AvgIpc) is 2.63. The smallest absolute Gasteiger partial charge is 0.156 e. The molecule has 1 heterocycles. The van der Waals surface area contributed by atoms with Gasteiger partial charge in [-0.1, -0.05) is 26.3 Å². The van der Waals surface area contributed by atoms with Crippen LogP contribution in [-0.4, -0.2) is 15.6 Å². The first kappa shape index (κ1) is 15.5. The largest absolute Gasteiger partial charge is 0.295 e. The Bertz CT molecular complexity index is 555. The van der Waals surface area contributed by atoms with E-state index in [-0.39, 0.29) is 11.2 Å². The number of ketones is 1. The number of carbonyl (C=O) groups is 1. The van der Waals surface area contributed by atoms with Gasteiger partial charge >= 0.3 is 0 Å². The maximum Gasteiger partial charge on any atom is 0.156 e. The van der Waals surface area contributed by atoms with Gasteiger partial charge in [0.15, 0.2) is 5.78 Å². The fraction of sp³-hybridized carbons (Fsp3) is 0.625. The van der Waals surface area contributed by atoms with Crippen molar-refractivity contribution in [3.63, 3.8) is 0 Å². The van der Waals surface area contributed by atoms with Crippen LogP contribution in [0, 0.1) is 5.41 Å². The van der Waals surface area contributed by atoms with Crippen LogP contribution in [0.4, 0.5) is 0 Å². The van der Waals surface area contributed by atoms with Gasteiger partial charge in [0, 0.05) is 19.4 Å². The van der Waals surface area contributed by atoms with Gasteiger partial charge in [-0.3, -0.25) is 9.48 Å². The van der Waals surface area contributed by atoms with Gasteiger partial charge in [-0.05, 0) is 47.2 Å². The molecule has 20 heavy (non-hydrogen) atoms. The molecule has 0 spiro atoms. The second-order valence-corrected chi connectivity index (χ2v) is 7.13. The fourth-order valence-electron chi connectivity index (χ4n) is 2.99. The molecule has 1 aliphatic carbocycles. The highest BCUT2D eigenvalue weighted by Gasteiger charge is 2.28. The van der Waals surface area contributed by atoms with Crippen molar-refractivity contribution in [1.29, 1.82) is 0 Å². The molecule has 0 aromatic carbocycles. The van der Waals surface area contributed by atoms with Crippen LogP contribution >= 0.6 is 15.9 Å². The average molecular weight is 339 g/mol. The van der Waals surface area contributed by atoms with Gasteiger partial charge < -0.3 is 0 Å². The lowest BCUT2D eigenvalue weighted by molar-refractivity contribution is -0.117. The maximum atomic E-state index is 11.9. The minimum absolute atomic E-state index is 0.0816. The minimum Gasteiger partial charge on any atom is -0.295 e. The van der Waals surface area contributed by atoms with Gasteiger partial charge in [0.1, 0.15) is 0 Å². The highest BCUT2D eigenvalue weighted by atomic mass is 79.9. The lowest BCUT2D eigenvalue weighted by atomic mass is 9.76. The molecule has 0 saturated heterocycles. The molecule has 0 amide bonds. The predicted octanol–water partition coefficient (Wildman–Crippen LogP) is 4.09. The Morgan fingerprint density at radius 2 is 2.05 bits per heavy atom. The topological polar surface area (TPSA) is 34.9 Å². The first-order valence-electron chi connectivity index (χ1n) is 7.32. The second kappa shape index (κ2) is 5.84. The number of nitrogens with zero attached hydrogens (tertiary/aromatic N) is 2. The van der Waals surface area contributed by atoms with E-state index in [1.807, 2.05) is 6.08 Å². The van der Waals surface area contributed by atoms with E-state index in [4.69, 9.17) is 0 Å². The van der Waals surface area contributed by atoms with E-state index in [1.54, 1.807) is 0 Å². The van der Waals surface area contributed by atoms with Crippen molar-refractivity contribution in [2.45, 2.75) is 59.9 Å². The summed E-state index contributed by atoms with van der Waals surface area (Å²) in [6.07, 6.45) is 5.23. The quantitative estimate of drug-likeness (QED) is 0.828. The Morgan fingerprint density at radius 1 is 1.35 bits per heavy atom. The second-order valence-electron chi connectivity index (χ2n) is 6.34. The Balaban J connectivity index is 2.30. The van der Waals surface area contributed by atoms with E-state index in [0.29, 0.717) is 6.42 Å². The highest BCUT2D eigenvalue weighted by Crippen LogP contribution is 2.36. The van der Waals surface area contributed by atoms with Crippen LogP contribution in [0.3, 0.4) is 0 Å². The van der Waals surface area contributed by atoms with Gasteiger partial charge in [0.2, 0.25) is 0 Å². The summed E-state index contributed by atoms with van der Waals surface area (Å²) in [6, 6.07) is 0. The third-order valence-corrected chi connectivity index (χ3v) is 4.73. The summed E-state index contributed by atoms with van der Waals surface area (Å²) in [7, 11) is 0. The summed E-state index contributed by atoms with van der Waals surface area (Å²) < 4.78 is 3.16. The highest BCUT2D eigenvalue weighted by molar-refractivity contribution is 9.10. The third-order valence-electron chi connectivity index (χ3n) is 3.81. The maximum absolute atomic E-state index is 11.9. The number of halogens is 1. The monoisotopic (exact) mass is 338 g/mol. The molecule has 0 bridgehead atoms. The number of aromatic nitrogens is 2. The van der Waals surface area contributed by atoms with E-state index < -0.39 is 0 Å². The SMILES string of the molecule is CCc1nn(CC)c(CC2=CC(=O)CC(C)(C)C2)c1Br. The van der Waals surface area contributed by atoms with Crippen LogP contribution in [0.1, 0.15) is 51.9 Å². The fourth-order valence-corrected chi connectivity index (χ4v) is 3.70. The van der Waals surface area contributed by atoms with E-state index in [0.717, 1.165) is 36.0 Å². The van der Waals surface area contributed by atoms with Crippen molar-refractivity contribution in [2.75, 3.05) is 0 Å². The van der Waals surface area contributed by atoms with Crippen LogP contribution in [0.25, 0.3) is 0 Å². The van der Waals surface area contributed by atoms with Crippen LogP contribution in [-0.2, 0) is 24.2 Å². The third kappa shape index (κ3) is 3.22. The summed E-state index contributed by atoms with van der Waals surface area (Å²) in [4.78, 5) is 11.9. The molecule has 0 saturated carbocycles. The Labute approximate surface area is 129 Å². The lowest BCUT2D eigenvalue weighted by Gasteiger charge is -2.29. The molecule has 3 nitrogen and oxygen atoms in total. The normalized spacial score (nSPS) is 18.2. The van der Waals surface area contributed by atoms with Crippen LogP contribution in [0.15, 0.2) is 16.1 Å². The zero-order valence-electron chi connectivity index (χ0n) is 12.8. The standard InChI is InChI=1S/C16H23BrN2O/c1-5-13-15(17)14(19(6-2)18-13)8-11-7-12(20)10-16(3,4)9-11/h7H,5-6,8-10H2,1-4H3. The zero-order valence-corrected chi connectivity index (χ0v) is 14.4. The molecule has 0 N–H and O–H groups in total. The minimum atomic E-state index is 0.0816. The van der Waals surface area contributed by atoms with E-state index in [2.05, 4.69) is 53.4 Å². The summed E-state index contributed by atoms with van der Waals surface area (Å²) in [5.74, 6) is 0.255. The van der Waals surface area contributed by atoms with Crippen molar-refractivity contribution in [2.24, 2.45) is 5.41 Å². The molecule has 0 aliphatic heterocycles. The van der Waals surface area contributed by atoms with Gasteiger partial charge in [-0.15, -0.1) is 0 Å². The van der Waals surface area contributed by atoms with Crippen molar-refractivity contribution < 1.29 is 4.79 Å². The molecule has 1 aliphatic rings. The Kier molecular flexibility index (Phi) is 4.52. The van der Waals surface area contributed by atoms with Crippen molar-refractivity contribution in [1.82, 2.24) is 9.78 Å². The molecule has 2 rings (SSSR count). The van der Waals surface area contributed by atoms with Gasteiger partial charge in [-0.2, -0.15) is 5.10 Å². The number of carbonyl (C=O) groups excluding carboxylic acids is 1. The Hall–Kier alpha value is -0.900. The Morgan fingerprint density at radius 3 is 2.60 bits per heavy atom. The number of rotatable bonds is 4. The van der Waals surface area contributed by atoms with Gasteiger partial charge in [-0.25, -0.2) is 0 Å². The summed E-state index contributed by atoms with van der Waals surface area (Å²) in [5, 5.41) is 4.63. The summed E-state index contributed by atoms with van der Waals surface area (Å²) >= 11 is 3.68. The van der Waals surface area contributed by atoms with Crippen molar-refractivity contribution in [3.05, 3.63) is 27.5 Å². The molecular formula is C16H23BrN2O. The molecular weight excluding hydrogens is 316 g/mol. The van der Waals surface area contributed by atoms with E-state index >= 15 is 0 Å². The molecule has 0 unspecified atom stereocenters. The predicted molar refractivity (Wildman–Crippen MR) is 84.8 cm³/mol. The molecule has 1 aromatic heterocycles. The lowest BCUT2D eigenvalue weighted by Crippen LogP contribution is -2.23. The molecule has 0 fully saturated rings. The van der Waals surface area contributed by atoms with Crippen molar-refractivity contribution in [3.8, 4) is 0 Å². The van der Waals surface area contributed by atoms with Gasteiger partial charge in [0.25, 0.3) is 0 Å². The van der Waals surface area contributed by atoms with E-state index in [1.165, 1.54) is 11.3 Å². The molecule has 110 valence electrons. The number of hydrogen-bond donors (Lipinski definition) is 0. The van der Waals surface area contributed by atoms with Crippen molar-refractivity contribution >= 4 is 21.7 Å². The molecule has 4 heteroatoms. The first-order valence-corrected chi connectivity index (χ1v) is 8.12. The van der Waals surface area contributed by atoms with E-state index in [9.17, 15) is 4.79 Å². The summed E-state index contributed by atoms with van der Waals surface area (Å²) in [5.41, 5.74) is 3.60. The number of hydrogen-bond acceptors (Lipinski definition) is 2. The van der Waals surface area contributed by atoms with Crippen LogP contribution in [0.5, 0.6) is 0 Å². The first-order chi connectivity index (χ1) is 9.36. The molecule has 0 atom stereocenters. The van der Waals surface area contributed by atoms with Crippen LogP contribution in [0.2, 0.25) is 0 Å². The molecule has 1 aromatic rings. The number of allylic oxidation sites excluding steroid dienone is 2. The van der Waals surface area contributed by atoms with Gasteiger partial charge in [0.05, 0.1) is 15.9 Å². The number of aryl methyl sites for hydroxylation is 2. The van der Waals surface area contributed by atoms with Crippen LogP contribution < -0.4 is 0 Å². The zero-order chi connectivity index (χ0) is 14.9. The summed E-state index contributed by atoms with van der Waals surface area (Å²) in [6.45, 7) is 9.41.